The van der Waals surface area contributed by atoms with Crippen molar-refractivity contribution in [2.45, 2.75) is 12.6 Å². The second kappa shape index (κ2) is 9.97. The number of guanidine groups is 1. The number of benzene rings is 2. The van der Waals surface area contributed by atoms with Gasteiger partial charge < -0.3 is 26.3 Å². The van der Waals surface area contributed by atoms with Crippen LogP contribution in [0.2, 0.25) is 5.02 Å². The van der Waals surface area contributed by atoms with Crippen LogP contribution < -0.4 is 31.6 Å². The molecule has 0 spiro atoms. The maximum atomic E-state index is 9.51. The molecule has 1 aliphatic rings. The number of anilines is 3. The fourth-order valence-corrected chi connectivity index (χ4v) is 4.39. The number of nitrogens with one attached hydrogen (secondary N) is 2. The number of pyridine rings is 1. The number of hydrogen-bond donors (Lipinski definition) is 4. The molecule has 0 radical (unpaired) electrons. The minimum atomic E-state index is -0.731. The molecule has 6 N–H and O–H groups in total. The Morgan fingerprint density at radius 1 is 1.26 bits per heavy atom. The molecular formula is C23H18BrClN8O2. The summed E-state index contributed by atoms with van der Waals surface area (Å²) in [5.74, 6) is 1.29. The Hall–Kier alpha value is -4.19. The predicted molar refractivity (Wildman–Crippen MR) is 136 cm³/mol. The van der Waals surface area contributed by atoms with E-state index in [1.54, 1.807) is 18.2 Å². The van der Waals surface area contributed by atoms with Gasteiger partial charge in [0, 0.05) is 16.1 Å². The minimum Gasteiger partial charge on any atom is -0.493 e. The Morgan fingerprint density at radius 2 is 2.03 bits per heavy atom. The van der Waals surface area contributed by atoms with E-state index in [1.165, 1.54) is 7.11 Å². The number of nitrogen functional groups attached to an aromatic ring is 2. The number of ether oxygens (including phenoxy) is 2. The minimum absolute atomic E-state index is 0.0321. The smallest absolute Gasteiger partial charge is 0.211 e. The first-order chi connectivity index (χ1) is 16.9. The van der Waals surface area contributed by atoms with E-state index in [0.717, 1.165) is 5.56 Å². The van der Waals surface area contributed by atoms with Gasteiger partial charge in [0.15, 0.2) is 17.7 Å². The summed E-state index contributed by atoms with van der Waals surface area (Å²) >= 11 is 9.80. The van der Waals surface area contributed by atoms with E-state index in [4.69, 9.17) is 37.8 Å². The van der Waals surface area contributed by atoms with Crippen LogP contribution in [0.25, 0.3) is 0 Å². The van der Waals surface area contributed by atoms with E-state index in [-0.39, 0.29) is 35.5 Å². The second-order valence-electron chi connectivity index (χ2n) is 7.32. The van der Waals surface area contributed by atoms with Gasteiger partial charge in [0.1, 0.15) is 35.9 Å². The van der Waals surface area contributed by atoms with Crippen LogP contribution in [-0.2, 0) is 6.61 Å². The highest BCUT2D eigenvalue weighted by Gasteiger charge is 2.31. The Labute approximate surface area is 214 Å². The van der Waals surface area contributed by atoms with Crippen molar-refractivity contribution in [1.82, 2.24) is 10.3 Å². The highest BCUT2D eigenvalue weighted by molar-refractivity contribution is 9.10. The number of fused-ring (bicyclic) bond motifs is 1. The zero-order valence-electron chi connectivity index (χ0n) is 18.3. The SMILES string of the molecule is COc1cc(C2N=C(NC#N)Nc3nc(N)c(C#N)c(N)c32)cc(Br)c1OCc1ccccc1Cl. The molecule has 176 valence electrons. The third kappa shape index (κ3) is 4.60. The van der Waals surface area contributed by atoms with Crippen LogP contribution >= 0.6 is 27.5 Å². The van der Waals surface area contributed by atoms with Crippen LogP contribution in [0.5, 0.6) is 11.5 Å². The van der Waals surface area contributed by atoms with Gasteiger partial charge in [-0.3, -0.25) is 5.32 Å². The van der Waals surface area contributed by atoms with E-state index < -0.39 is 6.04 Å². The fraction of sp³-hybridized carbons (Fsp3) is 0.130. The Balaban J connectivity index is 1.79. The standard InChI is InChI=1S/C23H18BrClN8O2/c1-34-16-7-12(6-14(24)20(16)35-9-11-4-2-3-5-15(11)25)19-17-18(28)13(8-26)21(29)32-22(17)33-23(31-19)30-10-27/h2-7,19H,9H2,1H3,(H6,28,29,30,31,32,33). The van der Waals surface area contributed by atoms with Crippen molar-refractivity contribution in [1.29, 1.82) is 10.5 Å². The Kier molecular flexibility index (Phi) is 6.82. The lowest BCUT2D eigenvalue weighted by atomic mass is 9.95. The van der Waals surface area contributed by atoms with Crippen molar-refractivity contribution >= 4 is 50.8 Å². The Bertz CT molecular complexity index is 1430. The first-order valence-corrected chi connectivity index (χ1v) is 11.3. The van der Waals surface area contributed by atoms with Gasteiger partial charge in [-0.25, -0.2) is 9.98 Å². The molecule has 0 saturated heterocycles. The number of halogens is 2. The molecule has 35 heavy (non-hydrogen) atoms. The molecule has 0 bridgehead atoms. The average Bonchev–Trinajstić information content (AvgIpc) is 2.83. The Morgan fingerprint density at radius 3 is 2.71 bits per heavy atom. The zero-order valence-corrected chi connectivity index (χ0v) is 20.6. The molecule has 2 heterocycles. The third-order valence-corrected chi connectivity index (χ3v) is 6.21. The molecule has 1 atom stereocenters. The van der Waals surface area contributed by atoms with Crippen molar-refractivity contribution in [3.8, 4) is 23.8 Å². The molecule has 3 aromatic rings. The lowest BCUT2D eigenvalue weighted by molar-refractivity contribution is 0.282. The van der Waals surface area contributed by atoms with Crippen LogP contribution in [-0.4, -0.2) is 18.1 Å². The third-order valence-electron chi connectivity index (χ3n) is 5.25. The molecule has 0 aliphatic carbocycles. The summed E-state index contributed by atoms with van der Waals surface area (Å²) in [5.41, 5.74) is 14.3. The van der Waals surface area contributed by atoms with Gasteiger partial charge in [0.25, 0.3) is 0 Å². The highest BCUT2D eigenvalue weighted by atomic mass is 79.9. The van der Waals surface area contributed by atoms with E-state index in [0.29, 0.717) is 32.1 Å². The summed E-state index contributed by atoms with van der Waals surface area (Å²) in [6.45, 7) is 0.222. The quantitative estimate of drug-likeness (QED) is 0.269. The number of nitrogens with zero attached hydrogens (tertiary/aromatic N) is 4. The lowest BCUT2D eigenvalue weighted by Gasteiger charge is -2.27. The number of rotatable bonds is 5. The second-order valence-corrected chi connectivity index (χ2v) is 8.58. The van der Waals surface area contributed by atoms with Gasteiger partial charge in [-0.05, 0) is 39.7 Å². The predicted octanol–water partition coefficient (Wildman–Crippen LogP) is 4.06. The number of aromatic nitrogens is 1. The van der Waals surface area contributed by atoms with Gasteiger partial charge in [0.05, 0.1) is 17.3 Å². The monoisotopic (exact) mass is 552 g/mol. The van der Waals surface area contributed by atoms with Crippen LogP contribution in [0.15, 0.2) is 45.9 Å². The van der Waals surface area contributed by atoms with Crippen molar-refractivity contribution in [3.63, 3.8) is 0 Å². The first-order valence-electron chi connectivity index (χ1n) is 10.1. The largest absolute Gasteiger partial charge is 0.493 e. The van der Waals surface area contributed by atoms with Crippen molar-refractivity contribution in [2.24, 2.45) is 4.99 Å². The number of aliphatic imine (C=N–C) groups is 1. The summed E-state index contributed by atoms with van der Waals surface area (Å²) in [6, 6.07) is 12.2. The van der Waals surface area contributed by atoms with E-state index in [2.05, 4.69) is 36.5 Å². The van der Waals surface area contributed by atoms with Gasteiger partial charge in [-0.2, -0.15) is 10.5 Å². The molecule has 4 rings (SSSR count). The highest BCUT2D eigenvalue weighted by Crippen LogP contribution is 2.45. The molecule has 10 nitrogen and oxygen atoms in total. The van der Waals surface area contributed by atoms with Crippen molar-refractivity contribution in [2.75, 3.05) is 23.9 Å². The summed E-state index contributed by atoms with van der Waals surface area (Å²) in [4.78, 5) is 8.83. The average molecular weight is 554 g/mol. The van der Waals surface area contributed by atoms with Crippen LogP contribution in [0, 0.1) is 22.8 Å². The maximum absolute atomic E-state index is 9.51. The molecule has 12 heteroatoms. The number of nitriles is 2. The van der Waals surface area contributed by atoms with Crippen molar-refractivity contribution < 1.29 is 9.47 Å². The maximum Gasteiger partial charge on any atom is 0.211 e. The number of nitrogens with two attached hydrogens (primary N) is 2. The van der Waals surface area contributed by atoms with Crippen LogP contribution in [0.1, 0.15) is 28.3 Å². The van der Waals surface area contributed by atoms with E-state index in [9.17, 15) is 5.26 Å². The molecule has 2 aromatic carbocycles. The van der Waals surface area contributed by atoms with Crippen molar-refractivity contribution in [3.05, 3.63) is 68.1 Å². The molecule has 0 saturated carbocycles. The summed E-state index contributed by atoms with van der Waals surface area (Å²) in [6.07, 6.45) is 1.82. The zero-order chi connectivity index (χ0) is 25.1. The van der Waals surface area contributed by atoms with Crippen LogP contribution in [0.4, 0.5) is 17.3 Å². The van der Waals surface area contributed by atoms with E-state index >= 15 is 0 Å². The molecule has 0 fully saturated rings. The molecule has 1 aromatic heterocycles. The molecule has 1 aliphatic heterocycles. The fourth-order valence-electron chi connectivity index (χ4n) is 3.63. The molecule has 1 unspecified atom stereocenters. The van der Waals surface area contributed by atoms with Gasteiger partial charge in [-0.1, -0.05) is 29.8 Å². The summed E-state index contributed by atoms with van der Waals surface area (Å²) in [5, 5.41) is 24.6. The van der Waals surface area contributed by atoms with Gasteiger partial charge in [0.2, 0.25) is 5.96 Å². The lowest BCUT2D eigenvalue weighted by Crippen LogP contribution is -2.32. The molecular weight excluding hydrogens is 536 g/mol. The topological polar surface area (TPSA) is 167 Å². The van der Waals surface area contributed by atoms with Gasteiger partial charge >= 0.3 is 0 Å². The molecule has 0 amide bonds. The van der Waals surface area contributed by atoms with E-state index in [1.807, 2.05) is 30.5 Å². The number of methoxy groups -OCH3 is 1. The summed E-state index contributed by atoms with van der Waals surface area (Å²) in [7, 11) is 1.51. The number of hydrogen-bond acceptors (Lipinski definition) is 10. The van der Waals surface area contributed by atoms with Gasteiger partial charge in [-0.15, -0.1) is 0 Å². The van der Waals surface area contributed by atoms with Crippen LogP contribution in [0.3, 0.4) is 0 Å². The first kappa shape index (κ1) is 24.0. The summed E-state index contributed by atoms with van der Waals surface area (Å²) < 4.78 is 12.2. The normalized spacial score (nSPS) is 14.0.